The zero-order valence-electron chi connectivity index (χ0n) is 8.90. The molecular formula is C12H12BrNOS. The van der Waals surface area contributed by atoms with Crippen LogP contribution in [0.2, 0.25) is 0 Å². The van der Waals surface area contributed by atoms with Crippen LogP contribution in [0, 0.1) is 0 Å². The lowest BCUT2D eigenvalue weighted by Gasteiger charge is -1.98. The lowest BCUT2D eigenvalue weighted by atomic mass is 10.1. The zero-order valence-corrected chi connectivity index (χ0v) is 11.3. The van der Waals surface area contributed by atoms with Crippen LogP contribution in [0.4, 0.5) is 0 Å². The van der Waals surface area contributed by atoms with Crippen molar-refractivity contribution in [2.45, 2.75) is 20.0 Å². The Balaban J connectivity index is 2.34. The monoisotopic (exact) mass is 297 g/mol. The predicted octanol–water partition coefficient (Wildman–Crippen LogP) is 3.63. The van der Waals surface area contributed by atoms with Crippen molar-refractivity contribution < 1.29 is 5.11 Å². The second-order valence-electron chi connectivity index (χ2n) is 3.44. The first-order valence-electron chi connectivity index (χ1n) is 5.10. The van der Waals surface area contributed by atoms with E-state index < -0.39 is 0 Å². The molecule has 1 aromatic carbocycles. The number of hydrogen-bond acceptors (Lipinski definition) is 3. The van der Waals surface area contributed by atoms with E-state index in [4.69, 9.17) is 5.11 Å². The number of halogens is 1. The molecule has 0 saturated heterocycles. The summed E-state index contributed by atoms with van der Waals surface area (Å²) in [7, 11) is 0. The van der Waals surface area contributed by atoms with Gasteiger partial charge in [-0.1, -0.05) is 31.2 Å². The van der Waals surface area contributed by atoms with Gasteiger partial charge in [-0.3, -0.25) is 0 Å². The van der Waals surface area contributed by atoms with Crippen molar-refractivity contribution in [2.75, 3.05) is 0 Å². The average Bonchev–Trinajstić information content (AvgIpc) is 2.71. The number of aryl methyl sites for hydroxylation is 1. The van der Waals surface area contributed by atoms with Gasteiger partial charge in [0.25, 0.3) is 0 Å². The van der Waals surface area contributed by atoms with Gasteiger partial charge in [0.05, 0.1) is 11.5 Å². The Bertz CT molecular complexity index is 478. The Labute approximate surface area is 107 Å². The Kier molecular flexibility index (Phi) is 3.74. The highest BCUT2D eigenvalue weighted by Gasteiger charge is 2.09. The molecule has 0 amide bonds. The van der Waals surface area contributed by atoms with Gasteiger partial charge in [0, 0.05) is 5.56 Å². The van der Waals surface area contributed by atoms with E-state index in [0.717, 1.165) is 26.5 Å². The molecule has 0 bridgehead atoms. The van der Waals surface area contributed by atoms with E-state index in [2.05, 4.69) is 52.1 Å². The van der Waals surface area contributed by atoms with Gasteiger partial charge < -0.3 is 5.11 Å². The summed E-state index contributed by atoms with van der Waals surface area (Å²) in [5.74, 6) is 0. The summed E-state index contributed by atoms with van der Waals surface area (Å²) in [5.41, 5.74) is 2.42. The highest BCUT2D eigenvalue weighted by atomic mass is 79.9. The maximum Gasteiger partial charge on any atom is 0.125 e. The minimum absolute atomic E-state index is 0.0330. The lowest BCUT2D eigenvalue weighted by Crippen LogP contribution is -1.80. The number of aliphatic hydroxyl groups excluding tert-OH is 1. The first-order valence-corrected chi connectivity index (χ1v) is 6.71. The molecule has 0 spiro atoms. The van der Waals surface area contributed by atoms with Crippen LogP contribution in [0.5, 0.6) is 0 Å². The molecule has 0 radical (unpaired) electrons. The number of thiazole rings is 1. The number of aliphatic hydroxyl groups is 1. The maximum atomic E-state index is 9.10. The standard InChI is InChI=1S/C12H12BrNOS/c1-2-8-3-5-9(6-4-8)12-14-11(13)10(7-15)16-12/h3-6,15H,2,7H2,1H3. The molecule has 0 aliphatic rings. The third-order valence-corrected chi connectivity index (χ3v) is 4.41. The summed E-state index contributed by atoms with van der Waals surface area (Å²) in [5, 5.41) is 10.0. The predicted molar refractivity (Wildman–Crippen MR) is 70.6 cm³/mol. The Morgan fingerprint density at radius 2 is 2.00 bits per heavy atom. The second-order valence-corrected chi connectivity index (χ2v) is 5.28. The Hall–Kier alpha value is -0.710. The fourth-order valence-electron chi connectivity index (χ4n) is 1.44. The maximum absolute atomic E-state index is 9.10. The van der Waals surface area contributed by atoms with Crippen LogP contribution in [-0.2, 0) is 13.0 Å². The molecule has 1 N–H and O–H groups in total. The van der Waals surface area contributed by atoms with Crippen LogP contribution in [0.15, 0.2) is 28.9 Å². The van der Waals surface area contributed by atoms with Crippen molar-refractivity contribution in [2.24, 2.45) is 0 Å². The molecule has 2 nitrogen and oxygen atoms in total. The molecular weight excluding hydrogens is 286 g/mol. The number of nitrogens with zero attached hydrogens (tertiary/aromatic N) is 1. The molecule has 0 aliphatic heterocycles. The lowest BCUT2D eigenvalue weighted by molar-refractivity contribution is 0.284. The molecule has 0 unspecified atom stereocenters. The smallest absolute Gasteiger partial charge is 0.125 e. The van der Waals surface area contributed by atoms with Crippen molar-refractivity contribution >= 4 is 27.3 Å². The van der Waals surface area contributed by atoms with Gasteiger partial charge in [-0.25, -0.2) is 4.98 Å². The summed E-state index contributed by atoms with van der Waals surface area (Å²) in [6.45, 7) is 2.17. The first-order chi connectivity index (χ1) is 7.74. The van der Waals surface area contributed by atoms with Gasteiger partial charge in [-0.2, -0.15) is 0 Å². The quantitative estimate of drug-likeness (QED) is 0.938. The van der Waals surface area contributed by atoms with Crippen molar-refractivity contribution in [1.82, 2.24) is 4.98 Å². The van der Waals surface area contributed by atoms with Crippen molar-refractivity contribution in [3.8, 4) is 10.6 Å². The molecule has 2 aromatic rings. The summed E-state index contributed by atoms with van der Waals surface area (Å²) in [6.07, 6.45) is 1.05. The van der Waals surface area contributed by atoms with E-state index in [0.29, 0.717) is 0 Å². The van der Waals surface area contributed by atoms with E-state index in [9.17, 15) is 0 Å². The summed E-state index contributed by atoms with van der Waals surface area (Å²) in [6, 6.07) is 8.38. The molecule has 2 rings (SSSR count). The Morgan fingerprint density at radius 3 is 2.50 bits per heavy atom. The van der Waals surface area contributed by atoms with Crippen molar-refractivity contribution in [3.05, 3.63) is 39.3 Å². The van der Waals surface area contributed by atoms with Crippen LogP contribution in [0.3, 0.4) is 0 Å². The number of aromatic nitrogens is 1. The van der Waals surface area contributed by atoms with Crippen molar-refractivity contribution in [3.63, 3.8) is 0 Å². The average molecular weight is 298 g/mol. The van der Waals surface area contributed by atoms with Crippen LogP contribution in [0.1, 0.15) is 17.4 Å². The van der Waals surface area contributed by atoms with E-state index >= 15 is 0 Å². The molecule has 0 aliphatic carbocycles. The van der Waals surface area contributed by atoms with E-state index in [1.54, 1.807) is 0 Å². The van der Waals surface area contributed by atoms with Crippen LogP contribution in [-0.4, -0.2) is 10.1 Å². The third-order valence-electron chi connectivity index (χ3n) is 2.40. The second kappa shape index (κ2) is 5.08. The molecule has 84 valence electrons. The molecule has 0 atom stereocenters. The number of rotatable bonds is 3. The minimum atomic E-state index is 0.0330. The summed E-state index contributed by atoms with van der Waals surface area (Å²) < 4.78 is 0.745. The molecule has 16 heavy (non-hydrogen) atoms. The fourth-order valence-corrected chi connectivity index (χ4v) is 2.92. The molecule has 1 aromatic heterocycles. The minimum Gasteiger partial charge on any atom is -0.391 e. The van der Waals surface area contributed by atoms with Gasteiger partial charge in [-0.15, -0.1) is 11.3 Å². The first kappa shape index (κ1) is 11.8. The molecule has 4 heteroatoms. The van der Waals surface area contributed by atoms with Crippen molar-refractivity contribution in [1.29, 1.82) is 0 Å². The highest BCUT2D eigenvalue weighted by molar-refractivity contribution is 9.10. The summed E-state index contributed by atoms with van der Waals surface area (Å²) >= 11 is 4.86. The van der Waals surface area contributed by atoms with E-state index in [-0.39, 0.29) is 6.61 Å². The highest BCUT2D eigenvalue weighted by Crippen LogP contribution is 2.31. The molecule has 1 heterocycles. The fraction of sp³-hybridized carbons (Fsp3) is 0.250. The zero-order chi connectivity index (χ0) is 11.5. The van der Waals surface area contributed by atoms with Gasteiger partial charge in [-0.05, 0) is 27.9 Å². The van der Waals surface area contributed by atoms with Crippen LogP contribution in [0.25, 0.3) is 10.6 Å². The third kappa shape index (κ3) is 2.34. The van der Waals surface area contributed by atoms with Crippen LogP contribution >= 0.6 is 27.3 Å². The van der Waals surface area contributed by atoms with Gasteiger partial charge >= 0.3 is 0 Å². The Morgan fingerprint density at radius 1 is 1.31 bits per heavy atom. The normalized spacial score (nSPS) is 10.7. The number of hydrogen-bond donors (Lipinski definition) is 1. The topological polar surface area (TPSA) is 33.1 Å². The van der Waals surface area contributed by atoms with Crippen LogP contribution < -0.4 is 0 Å². The molecule has 0 fully saturated rings. The van der Waals surface area contributed by atoms with E-state index in [1.165, 1.54) is 16.9 Å². The molecule has 0 saturated carbocycles. The van der Waals surface area contributed by atoms with E-state index in [1.807, 2.05) is 0 Å². The largest absolute Gasteiger partial charge is 0.391 e. The number of benzene rings is 1. The summed E-state index contributed by atoms with van der Waals surface area (Å²) in [4.78, 5) is 5.25. The van der Waals surface area contributed by atoms with Gasteiger partial charge in [0.15, 0.2) is 0 Å². The van der Waals surface area contributed by atoms with Gasteiger partial charge in [0.1, 0.15) is 9.61 Å². The SMILES string of the molecule is CCc1ccc(-c2nc(Br)c(CO)s2)cc1. The van der Waals surface area contributed by atoms with Gasteiger partial charge in [0.2, 0.25) is 0 Å².